The van der Waals surface area contributed by atoms with Crippen molar-refractivity contribution in [1.29, 1.82) is 0 Å². The SMILES string of the molecule is O=C(NC1=CCN=C1c1cc(C2CC2)ccc1O)c1cnn2cccnc12. The van der Waals surface area contributed by atoms with E-state index in [0.29, 0.717) is 40.6 Å². The minimum absolute atomic E-state index is 0.165. The van der Waals surface area contributed by atoms with Gasteiger partial charge in [0.25, 0.3) is 5.91 Å². The Morgan fingerprint density at radius 1 is 1.30 bits per heavy atom. The fourth-order valence-corrected chi connectivity index (χ4v) is 3.34. The van der Waals surface area contributed by atoms with Gasteiger partial charge in [-0.1, -0.05) is 6.07 Å². The maximum atomic E-state index is 12.8. The number of phenols is 1. The number of hydrogen-bond acceptors (Lipinski definition) is 5. The summed E-state index contributed by atoms with van der Waals surface area (Å²) in [5.74, 6) is 0.429. The molecule has 1 fully saturated rings. The van der Waals surface area contributed by atoms with E-state index >= 15 is 0 Å². The van der Waals surface area contributed by atoms with Crippen LogP contribution in [-0.2, 0) is 0 Å². The molecule has 1 aliphatic heterocycles. The number of benzene rings is 1. The summed E-state index contributed by atoms with van der Waals surface area (Å²) in [4.78, 5) is 21.5. The Labute approximate surface area is 155 Å². The van der Waals surface area contributed by atoms with Crippen LogP contribution >= 0.6 is 0 Å². The van der Waals surface area contributed by atoms with Crippen LogP contribution in [0.15, 0.2) is 59.6 Å². The molecule has 0 atom stereocenters. The Kier molecular flexibility index (Phi) is 3.53. The van der Waals surface area contributed by atoms with Gasteiger partial charge in [-0.2, -0.15) is 5.10 Å². The molecule has 27 heavy (non-hydrogen) atoms. The van der Waals surface area contributed by atoms with Gasteiger partial charge in [0.15, 0.2) is 5.65 Å². The summed E-state index contributed by atoms with van der Waals surface area (Å²) in [6, 6.07) is 7.40. The van der Waals surface area contributed by atoms with Crippen LogP contribution < -0.4 is 5.32 Å². The van der Waals surface area contributed by atoms with Crippen LogP contribution in [-0.4, -0.2) is 37.9 Å². The highest BCUT2D eigenvalue weighted by molar-refractivity contribution is 6.18. The summed E-state index contributed by atoms with van der Waals surface area (Å²) >= 11 is 0. The first-order valence-corrected chi connectivity index (χ1v) is 8.88. The maximum absolute atomic E-state index is 12.8. The molecule has 0 saturated heterocycles. The second-order valence-electron chi connectivity index (χ2n) is 6.76. The first-order chi connectivity index (χ1) is 13.2. The van der Waals surface area contributed by atoms with Gasteiger partial charge in [0.2, 0.25) is 0 Å². The zero-order valence-corrected chi connectivity index (χ0v) is 14.5. The molecule has 1 aliphatic carbocycles. The minimum atomic E-state index is -0.303. The van der Waals surface area contributed by atoms with Crippen molar-refractivity contribution in [3.8, 4) is 5.75 Å². The van der Waals surface area contributed by atoms with Crippen molar-refractivity contribution in [3.05, 3.63) is 71.3 Å². The number of hydrogen-bond donors (Lipinski definition) is 2. The Balaban J connectivity index is 1.43. The lowest BCUT2D eigenvalue weighted by Crippen LogP contribution is -2.27. The molecular formula is C20H17N5O2. The van der Waals surface area contributed by atoms with Gasteiger partial charge in [-0.05, 0) is 48.6 Å². The van der Waals surface area contributed by atoms with Gasteiger partial charge in [0.05, 0.1) is 24.2 Å². The Hall–Kier alpha value is -3.48. The van der Waals surface area contributed by atoms with Gasteiger partial charge < -0.3 is 10.4 Å². The van der Waals surface area contributed by atoms with Crippen LogP contribution in [0.5, 0.6) is 5.75 Å². The molecule has 134 valence electrons. The molecule has 1 amide bonds. The zero-order chi connectivity index (χ0) is 18.4. The Morgan fingerprint density at radius 3 is 3.04 bits per heavy atom. The monoisotopic (exact) mass is 359 g/mol. The molecule has 0 unspecified atom stereocenters. The van der Waals surface area contributed by atoms with E-state index in [9.17, 15) is 9.90 Å². The van der Waals surface area contributed by atoms with Crippen molar-refractivity contribution in [1.82, 2.24) is 19.9 Å². The largest absolute Gasteiger partial charge is 0.507 e. The summed E-state index contributed by atoms with van der Waals surface area (Å²) in [6.45, 7) is 0.463. The standard InChI is InChI=1S/C20H17N5O2/c26-17-5-4-13(12-2-3-12)10-14(17)18-16(6-8-21-18)24-20(27)15-11-23-25-9-1-7-22-19(15)25/h1,4-7,9-12,26H,2-3,8H2,(H,24,27). The third kappa shape index (κ3) is 2.77. The second kappa shape index (κ2) is 6.05. The zero-order valence-electron chi connectivity index (χ0n) is 14.5. The van der Waals surface area contributed by atoms with Crippen LogP contribution in [0.4, 0.5) is 0 Å². The van der Waals surface area contributed by atoms with Crippen LogP contribution in [0.1, 0.15) is 40.2 Å². The number of rotatable bonds is 4. The normalized spacial score (nSPS) is 16.3. The van der Waals surface area contributed by atoms with Gasteiger partial charge in [0, 0.05) is 18.0 Å². The van der Waals surface area contributed by atoms with Gasteiger partial charge in [-0.3, -0.25) is 9.79 Å². The lowest BCUT2D eigenvalue weighted by Gasteiger charge is -2.12. The van der Waals surface area contributed by atoms with E-state index in [4.69, 9.17) is 0 Å². The maximum Gasteiger partial charge on any atom is 0.261 e. The van der Waals surface area contributed by atoms with Crippen molar-refractivity contribution >= 4 is 17.3 Å². The molecule has 0 spiro atoms. The molecule has 2 N–H and O–H groups in total. The summed E-state index contributed by atoms with van der Waals surface area (Å²) in [5.41, 5.74) is 3.94. The third-order valence-electron chi connectivity index (χ3n) is 4.90. The number of carbonyl (C=O) groups is 1. The molecule has 3 aromatic rings. The number of nitrogens with one attached hydrogen (secondary N) is 1. The molecule has 0 radical (unpaired) electrons. The van der Waals surface area contributed by atoms with Crippen molar-refractivity contribution in [2.45, 2.75) is 18.8 Å². The van der Waals surface area contributed by atoms with Crippen LogP contribution in [0, 0.1) is 0 Å². The number of amides is 1. The van der Waals surface area contributed by atoms with Gasteiger partial charge in [0.1, 0.15) is 11.3 Å². The molecule has 2 aromatic heterocycles. The fraction of sp³-hybridized carbons (Fsp3) is 0.200. The van der Waals surface area contributed by atoms with E-state index in [-0.39, 0.29) is 11.7 Å². The number of aliphatic imine (C=N–C) groups is 1. The van der Waals surface area contributed by atoms with E-state index in [2.05, 4.69) is 20.4 Å². The number of phenolic OH excluding ortho intramolecular Hbond substituents is 1. The van der Waals surface area contributed by atoms with Gasteiger partial charge in [-0.15, -0.1) is 0 Å². The third-order valence-corrected chi connectivity index (χ3v) is 4.90. The lowest BCUT2D eigenvalue weighted by atomic mass is 10.0. The molecule has 5 rings (SSSR count). The van der Waals surface area contributed by atoms with E-state index in [1.165, 1.54) is 24.6 Å². The number of allylic oxidation sites excluding steroid dienone is 1. The van der Waals surface area contributed by atoms with Crippen molar-refractivity contribution in [2.24, 2.45) is 4.99 Å². The number of aromatic hydroxyl groups is 1. The lowest BCUT2D eigenvalue weighted by molar-refractivity contribution is 0.0969. The number of carbonyl (C=O) groups excluding carboxylic acids is 1. The summed E-state index contributed by atoms with van der Waals surface area (Å²) in [6.07, 6.45) is 9.06. The summed E-state index contributed by atoms with van der Waals surface area (Å²) in [7, 11) is 0. The van der Waals surface area contributed by atoms with Crippen LogP contribution in [0.25, 0.3) is 5.65 Å². The first-order valence-electron chi connectivity index (χ1n) is 8.88. The molecule has 2 aliphatic rings. The van der Waals surface area contributed by atoms with Crippen molar-refractivity contribution in [3.63, 3.8) is 0 Å². The minimum Gasteiger partial charge on any atom is -0.507 e. The Bertz CT molecular complexity index is 1120. The average molecular weight is 359 g/mol. The highest BCUT2D eigenvalue weighted by atomic mass is 16.3. The van der Waals surface area contributed by atoms with Crippen molar-refractivity contribution < 1.29 is 9.90 Å². The highest BCUT2D eigenvalue weighted by Crippen LogP contribution is 2.41. The van der Waals surface area contributed by atoms with Crippen LogP contribution in [0.2, 0.25) is 0 Å². The average Bonchev–Trinajstić information content (AvgIpc) is 3.28. The molecule has 0 bridgehead atoms. The van der Waals surface area contributed by atoms with E-state index in [1.807, 2.05) is 18.2 Å². The number of aromatic nitrogens is 3. The van der Waals surface area contributed by atoms with E-state index in [0.717, 1.165) is 0 Å². The predicted molar refractivity (Wildman–Crippen MR) is 100 cm³/mol. The van der Waals surface area contributed by atoms with E-state index < -0.39 is 0 Å². The second-order valence-corrected chi connectivity index (χ2v) is 6.76. The fourth-order valence-electron chi connectivity index (χ4n) is 3.34. The van der Waals surface area contributed by atoms with E-state index in [1.54, 1.807) is 29.0 Å². The first kappa shape index (κ1) is 15.7. The van der Waals surface area contributed by atoms with Gasteiger partial charge in [-0.25, -0.2) is 9.50 Å². The quantitative estimate of drug-likeness (QED) is 0.748. The molecule has 1 aromatic carbocycles. The number of fused-ring (bicyclic) bond motifs is 1. The summed E-state index contributed by atoms with van der Waals surface area (Å²) < 4.78 is 1.55. The molecule has 1 saturated carbocycles. The highest BCUT2D eigenvalue weighted by Gasteiger charge is 2.27. The van der Waals surface area contributed by atoms with Crippen molar-refractivity contribution in [2.75, 3.05) is 6.54 Å². The molecular weight excluding hydrogens is 342 g/mol. The topological polar surface area (TPSA) is 91.9 Å². The molecule has 3 heterocycles. The smallest absolute Gasteiger partial charge is 0.261 e. The predicted octanol–water partition coefficient (Wildman–Crippen LogP) is 2.43. The van der Waals surface area contributed by atoms with Gasteiger partial charge >= 0.3 is 0 Å². The Morgan fingerprint density at radius 2 is 2.19 bits per heavy atom. The summed E-state index contributed by atoms with van der Waals surface area (Å²) in [5, 5.41) is 17.4. The van der Waals surface area contributed by atoms with Crippen LogP contribution in [0.3, 0.4) is 0 Å². The number of nitrogens with zero attached hydrogens (tertiary/aromatic N) is 4. The molecule has 7 heteroatoms. The molecule has 7 nitrogen and oxygen atoms in total.